The first-order valence-corrected chi connectivity index (χ1v) is 7.16. The van der Waals surface area contributed by atoms with E-state index in [2.05, 4.69) is 26.1 Å². The van der Waals surface area contributed by atoms with Crippen molar-refractivity contribution in [3.8, 4) is 11.4 Å². The summed E-state index contributed by atoms with van der Waals surface area (Å²) in [5, 5.41) is 8.57. The Kier molecular flexibility index (Phi) is 3.65. The molecule has 0 fully saturated rings. The first-order chi connectivity index (χ1) is 10.1. The van der Waals surface area contributed by atoms with E-state index in [1.165, 1.54) is 13.2 Å². The molecule has 0 saturated heterocycles. The van der Waals surface area contributed by atoms with Gasteiger partial charge in [0.2, 0.25) is 0 Å². The molecule has 0 aliphatic carbocycles. The van der Waals surface area contributed by atoms with Gasteiger partial charge >= 0.3 is 5.97 Å². The predicted octanol–water partition coefficient (Wildman–Crippen LogP) is 3.60. The summed E-state index contributed by atoms with van der Waals surface area (Å²) < 4.78 is 7.27. The zero-order valence-electron chi connectivity index (χ0n) is 10.9. The predicted molar refractivity (Wildman–Crippen MR) is 82.5 cm³/mol. The molecule has 0 aliphatic heterocycles. The van der Waals surface area contributed by atoms with E-state index in [9.17, 15) is 4.79 Å². The van der Waals surface area contributed by atoms with E-state index < -0.39 is 5.97 Å². The number of nitrogens with zero attached hydrogens (tertiary/aromatic N) is 3. The third kappa shape index (κ3) is 2.41. The van der Waals surface area contributed by atoms with Crippen molar-refractivity contribution < 1.29 is 9.53 Å². The molecule has 21 heavy (non-hydrogen) atoms. The maximum atomic E-state index is 11.7. The van der Waals surface area contributed by atoms with E-state index in [4.69, 9.17) is 16.3 Å². The van der Waals surface area contributed by atoms with Crippen molar-refractivity contribution in [2.75, 3.05) is 7.11 Å². The van der Waals surface area contributed by atoms with E-state index >= 15 is 0 Å². The second-order valence-electron chi connectivity index (χ2n) is 4.27. The van der Waals surface area contributed by atoms with Crippen molar-refractivity contribution in [1.29, 1.82) is 0 Å². The lowest BCUT2D eigenvalue weighted by Crippen LogP contribution is -2.04. The van der Waals surface area contributed by atoms with Crippen LogP contribution < -0.4 is 0 Å². The topological polar surface area (TPSA) is 56.5 Å². The van der Waals surface area contributed by atoms with Crippen LogP contribution in [0.25, 0.3) is 17.0 Å². The summed E-state index contributed by atoms with van der Waals surface area (Å²) in [5.41, 5.74) is 1.67. The number of hydrogen-bond donors (Lipinski definition) is 0. The lowest BCUT2D eigenvalue weighted by Gasteiger charge is -2.05. The second kappa shape index (κ2) is 5.46. The van der Waals surface area contributed by atoms with Crippen LogP contribution in [-0.4, -0.2) is 27.7 Å². The minimum absolute atomic E-state index is 0.336. The van der Waals surface area contributed by atoms with Crippen molar-refractivity contribution >= 4 is 39.1 Å². The molecule has 7 heteroatoms. The molecule has 3 aromatic rings. The van der Waals surface area contributed by atoms with E-state index in [-0.39, 0.29) is 0 Å². The van der Waals surface area contributed by atoms with Crippen molar-refractivity contribution in [1.82, 2.24) is 14.6 Å². The molecule has 0 saturated carbocycles. The fraction of sp³-hybridized carbons (Fsp3) is 0.0714. The Bertz CT molecular complexity index is 847. The summed E-state index contributed by atoms with van der Waals surface area (Å²) in [6, 6.07) is 9.12. The van der Waals surface area contributed by atoms with Gasteiger partial charge in [-0.05, 0) is 12.1 Å². The molecule has 0 bridgehead atoms. The van der Waals surface area contributed by atoms with Crippen molar-refractivity contribution in [3.05, 3.63) is 51.6 Å². The van der Waals surface area contributed by atoms with Gasteiger partial charge in [-0.25, -0.2) is 4.79 Å². The number of esters is 1. The third-order valence-electron chi connectivity index (χ3n) is 3.00. The van der Waals surface area contributed by atoms with Crippen molar-refractivity contribution in [2.24, 2.45) is 0 Å². The standard InChI is InChI=1S/C14H9BrClN3O2/c1-21-14(20)8-6-11(16)13-18-17-12(19(13)7-8)9-4-2-3-5-10(9)15/h2-7H,1H3. The fourth-order valence-corrected chi connectivity index (χ4v) is 2.72. The van der Waals surface area contributed by atoms with Gasteiger partial charge in [0, 0.05) is 16.2 Å². The maximum absolute atomic E-state index is 11.7. The summed E-state index contributed by atoms with van der Waals surface area (Å²) in [7, 11) is 1.32. The molecule has 0 atom stereocenters. The average molecular weight is 367 g/mol. The molecule has 106 valence electrons. The van der Waals surface area contributed by atoms with E-state index in [0.29, 0.717) is 22.1 Å². The number of carbonyl (C=O) groups is 1. The second-order valence-corrected chi connectivity index (χ2v) is 5.53. The number of ether oxygens (including phenoxy) is 1. The molecular formula is C14H9BrClN3O2. The smallest absolute Gasteiger partial charge is 0.339 e. The zero-order valence-corrected chi connectivity index (χ0v) is 13.2. The zero-order chi connectivity index (χ0) is 15.0. The van der Waals surface area contributed by atoms with Gasteiger partial charge in [0.05, 0.1) is 17.7 Å². The first-order valence-electron chi connectivity index (χ1n) is 5.99. The Labute approximate surface area is 133 Å². The van der Waals surface area contributed by atoms with Gasteiger partial charge in [-0.3, -0.25) is 4.40 Å². The maximum Gasteiger partial charge on any atom is 0.339 e. The highest BCUT2D eigenvalue weighted by Crippen LogP contribution is 2.29. The molecule has 3 rings (SSSR count). The number of aromatic nitrogens is 3. The Hall–Kier alpha value is -1.92. The van der Waals surface area contributed by atoms with Crippen LogP contribution in [0.1, 0.15) is 10.4 Å². The molecule has 0 N–H and O–H groups in total. The van der Waals surface area contributed by atoms with Crippen LogP contribution in [0.2, 0.25) is 5.02 Å². The number of methoxy groups -OCH3 is 1. The van der Waals surface area contributed by atoms with Crippen molar-refractivity contribution in [3.63, 3.8) is 0 Å². The van der Waals surface area contributed by atoms with Gasteiger partial charge in [-0.1, -0.05) is 45.7 Å². The summed E-state index contributed by atoms with van der Waals surface area (Å²) in [6.07, 6.45) is 1.61. The van der Waals surface area contributed by atoms with Crippen LogP contribution >= 0.6 is 27.5 Å². The van der Waals surface area contributed by atoms with Crippen molar-refractivity contribution in [2.45, 2.75) is 0 Å². The van der Waals surface area contributed by atoms with Gasteiger partial charge in [0.25, 0.3) is 0 Å². The molecule has 2 aromatic heterocycles. The van der Waals surface area contributed by atoms with Crippen LogP contribution in [0.4, 0.5) is 0 Å². The first kappa shape index (κ1) is 14.0. The number of halogens is 2. The lowest BCUT2D eigenvalue weighted by atomic mass is 10.2. The molecular weight excluding hydrogens is 358 g/mol. The summed E-state index contributed by atoms with van der Waals surface area (Å²) in [5.74, 6) is 0.121. The highest BCUT2D eigenvalue weighted by molar-refractivity contribution is 9.10. The largest absolute Gasteiger partial charge is 0.465 e. The number of fused-ring (bicyclic) bond motifs is 1. The lowest BCUT2D eigenvalue weighted by molar-refractivity contribution is 0.0600. The van der Waals surface area contributed by atoms with Crippen LogP contribution in [0.3, 0.4) is 0 Å². The molecule has 1 aromatic carbocycles. The van der Waals surface area contributed by atoms with Gasteiger partial charge in [0.1, 0.15) is 0 Å². The number of rotatable bonds is 2. The number of benzene rings is 1. The van der Waals surface area contributed by atoms with E-state index in [0.717, 1.165) is 10.0 Å². The molecule has 5 nitrogen and oxygen atoms in total. The quantitative estimate of drug-likeness (QED) is 0.650. The Balaban J connectivity index is 2.28. The molecule has 0 unspecified atom stereocenters. The Morgan fingerprint density at radius 1 is 1.33 bits per heavy atom. The Morgan fingerprint density at radius 2 is 2.10 bits per heavy atom. The van der Waals surface area contributed by atoms with E-state index in [1.807, 2.05) is 24.3 Å². The normalized spacial score (nSPS) is 10.8. The fourth-order valence-electron chi connectivity index (χ4n) is 2.01. The minimum atomic E-state index is -0.467. The van der Waals surface area contributed by atoms with Gasteiger partial charge in [0.15, 0.2) is 11.5 Å². The molecule has 2 heterocycles. The summed E-state index contributed by atoms with van der Waals surface area (Å²) >= 11 is 9.64. The number of pyridine rings is 1. The van der Waals surface area contributed by atoms with Gasteiger partial charge in [-0.15, -0.1) is 10.2 Å². The number of hydrogen-bond acceptors (Lipinski definition) is 4. The molecule has 0 amide bonds. The monoisotopic (exact) mass is 365 g/mol. The van der Waals surface area contributed by atoms with Crippen LogP contribution in [0.15, 0.2) is 41.0 Å². The molecule has 0 spiro atoms. The molecule has 0 radical (unpaired) electrons. The van der Waals surface area contributed by atoms with Crippen LogP contribution in [-0.2, 0) is 4.74 Å². The average Bonchev–Trinajstić information content (AvgIpc) is 2.91. The summed E-state index contributed by atoms with van der Waals surface area (Å²) in [4.78, 5) is 11.7. The van der Waals surface area contributed by atoms with Gasteiger partial charge in [-0.2, -0.15) is 0 Å². The SMILES string of the molecule is COC(=O)c1cc(Cl)c2nnc(-c3ccccc3Br)n2c1. The highest BCUT2D eigenvalue weighted by atomic mass is 79.9. The van der Waals surface area contributed by atoms with E-state index in [1.54, 1.807) is 10.6 Å². The summed E-state index contributed by atoms with van der Waals surface area (Å²) in [6.45, 7) is 0. The minimum Gasteiger partial charge on any atom is -0.465 e. The highest BCUT2D eigenvalue weighted by Gasteiger charge is 2.16. The number of carbonyl (C=O) groups excluding carboxylic acids is 1. The molecule has 0 aliphatic rings. The third-order valence-corrected chi connectivity index (χ3v) is 3.97. The Morgan fingerprint density at radius 3 is 2.81 bits per heavy atom. The van der Waals surface area contributed by atoms with Gasteiger partial charge < -0.3 is 4.74 Å². The van der Waals surface area contributed by atoms with Crippen LogP contribution in [0.5, 0.6) is 0 Å². The van der Waals surface area contributed by atoms with Crippen LogP contribution in [0, 0.1) is 0 Å².